The van der Waals surface area contributed by atoms with E-state index in [0.29, 0.717) is 24.6 Å². The van der Waals surface area contributed by atoms with Gasteiger partial charge in [0.15, 0.2) is 5.96 Å². The molecule has 0 saturated carbocycles. The summed E-state index contributed by atoms with van der Waals surface area (Å²) >= 11 is 3.33. The van der Waals surface area contributed by atoms with Gasteiger partial charge in [0.2, 0.25) is 0 Å². The standard InChI is InChI=1S/C15H20BrF2N3O2/c1-19-15(21-9-12-3-2-6-22-12)20-8-10-7-11(16)4-5-13(10)23-14(17)18/h4-5,7,12,14H,2-3,6,8-9H2,1H3,(H2,19,20,21). The van der Waals surface area contributed by atoms with Crippen molar-refractivity contribution in [3.63, 3.8) is 0 Å². The van der Waals surface area contributed by atoms with E-state index >= 15 is 0 Å². The number of hydrogen-bond acceptors (Lipinski definition) is 3. The van der Waals surface area contributed by atoms with Crippen molar-refractivity contribution < 1.29 is 18.3 Å². The Morgan fingerprint density at radius 2 is 2.30 bits per heavy atom. The Hall–Kier alpha value is -1.41. The smallest absolute Gasteiger partial charge is 0.387 e. The normalized spacial score (nSPS) is 18.3. The fourth-order valence-corrected chi connectivity index (χ4v) is 2.72. The molecule has 1 fully saturated rings. The van der Waals surface area contributed by atoms with Gasteiger partial charge in [0.25, 0.3) is 0 Å². The van der Waals surface area contributed by atoms with E-state index in [0.717, 1.165) is 23.9 Å². The van der Waals surface area contributed by atoms with Gasteiger partial charge in [-0.1, -0.05) is 15.9 Å². The predicted octanol–water partition coefficient (Wildman–Crippen LogP) is 2.89. The van der Waals surface area contributed by atoms with E-state index < -0.39 is 6.61 Å². The topological polar surface area (TPSA) is 54.9 Å². The highest BCUT2D eigenvalue weighted by Gasteiger charge is 2.16. The van der Waals surface area contributed by atoms with Crippen LogP contribution in [0.5, 0.6) is 5.75 Å². The van der Waals surface area contributed by atoms with E-state index in [-0.39, 0.29) is 11.9 Å². The summed E-state index contributed by atoms with van der Waals surface area (Å²) in [5.41, 5.74) is 0.611. The van der Waals surface area contributed by atoms with Crippen LogP contribution in [0.4, 0.5) is 8.78 Å². The molecule has 0 aromatic heterocycles. The maximum Gasteiger partial charge on any atom is 0.387 e. The van der Waals surface area contributed by atoms with E-state index in [4.69, 9.17) is 4.74 Å². The Balaban J connectivity index is 1.91. The highest BCUT2D eigenvalue weighted by molar-refractivity contribution is 9.10. The molecule has 0 spiro atoms. The van der Waals surface area contributed by atoms with Crippen LogP contribution in [0.25, 0.3) is 0 Å². The number of guanidine groups is 1. The molecule has 2 N–H and O–H groups in total. The van der Waals surface area contributed by atoms with E-state index in [9.17, 15) is 8.78 Å². The monoisotopic (exact) mass is 391 g/mol. The van der Waals surface area contributed by atoms with Gasteiger partial charge in [0, 0.05) is 36.8 Å². The van der Waals surface area contributed by atoms with Gasteiger partial charge in [-0.25, -0.2) is 0 Å². The molecular weight excluding hydrogens is 372 g/mol. The Kier molecular flexibility index (Phi) is 7.04. The highest BCUT2D eigenvalue weighted by atomic mass is 79.9. The molecule has 1 unspecified atom stereocenters. The van der Waals surface area contributed by atoms with Crippen LogP contribution < -0.4 is 15.4 Å². The van der Waals surface area contributed by atoms with Crippen LogP contribution in [0.1, 0.15) is 18.4 Å². The second kappa shape index (κ2) is 9.02. The van der Waals surface area contributed by atoms with Gasteiger partial charge >= 0.3 is 6.61 Å². The van der Waals surface area contributed by atoms with Gasteiger partial charge in [-0.05, 0) is 31.0 Å². The van der Waals surface area contributed by atoms with Crippen molar-refractivity contribution in [1.29, 1.82) is 0 Å². The summed E-state index contributed by atoms with van der Waals surface area (Å²) in [4.78, 5) is 4.12. The molecule has 0 radical (unpaired) electrons. The van der Waals surface area contributed by atoms with Gasteiger partial charge in [-0.15, -0.1) is 0 Å². The lowest BCUT2D eigenvalue weighted by atomic mass is 10.2. The highest BCUT2D eigenvalue weighted by Crippen LogP contribution is 2.24. The molecule has 2 rings (SSSR count). The zero-order chi connectivity index (χ0) is 16.7. The summed E-state index contributed by atoms with van der Waals surface area (Å²) in [6.45, 7) is -1.08. The average Bonchev–Trinajstić information content (AvgIpc) is 3.03. The predicted molar refractivity (Wildman–Crippen MR) is 87.9 cm³/mol. The summed E-state index contributed by atoms with van der Waals surface area (Å²) in [6, 6.07) is 4.90. The summed E-state index contributed by atoms with van der Waals surface area (Å²) in [7, 11) is 1.66. The molecule has 0 amide bonds. The Labute approximate surface area is 142 Å². The lowest BCUT2D eigenvalue weighted by Gasteiger charge is -2.16. The van der Waals surface area contributed by atoms with Crippen molar-refractivity contribution in [2.24, 2.45) is 4.99 Å². The van der Waals surface area contributed by atoms with Gasteiger partial charge in [0.1, 0.15) is 5.75 Å². The Morgan fingerprint density at radius 3 is 2.96 bits per heavy atom. The van der Waals surface area contributed by atoms with Gasteiger partial charge < -0.3 is 20.1 Å². The summed E-state index contributed by atoms with van der Waals surface area (Å²) in [5, 5.41) is 6.26. The molecule has 1 saturated heterocycles. The van der Waals surface area contributed by atoms with E-state index in [1.165, 1.54) is 6.07 Å². The zero-order valence-electron chi connectivity index (χ0n) is 12.8. The second-order valence-electron chi connectivity index (χ2n) is 5.07. The van der Waals surface area contributed by atoms with E-state index in [1.54, 1.807) is 19.2 Å². The van der Waals surface area contributed by atoms with Crippen LogP contribution in [0.3, 0.4) is 0 Å². The summed E-state index contributed by atoms with van der Waals surface area (Å²) < 4.78 is 35.8. The van der Waals surface area contributed by atoms with Crippen molar-refractivity contribution >= 4 is 21.9 Å². The summed E-state index contributed by atoms with van der Waals surface area (Å²) in [5.74, 6) is 0.730. The first-order chi connectivity index (χ1) is 11.1. The molecule has 8 heteroatoms. The first-order valence-electron chi connectivity index (χ1n) is 7.38. The molecule has 1 aromatic rings. The van der Waals surface area contributed by atoms with Gasteiger partial charge in [-0.3, -0.25) is 4.99 Å². The summed E-state index contributed by atoms with van der Waals surface area (Å²) in [6.07, 6.45) is 2.30. The van der Waals surface area contributed by atoms with Crippen molar-refractivity contribution in [3.8, 4) is 5.75 Å². The molecule has 1 aromatic carbocycles. The molecule has 5 nitrogen and oxygen atoms in total. The number of hydrogen-bond donors (Lipinski definition) is 2. The van der Waals surface area contributed by atoms with Crippen molar-refractivity contribution in [2.75, 3.05) is 20.2 Å². The zero-order valence-corrected chi connectivity index (χ0v) is 14.4. The number of nitrogens with one attached hydrogen (secondary N) is 2. The lowest BCUT2D eigenvalue weighted by molar-refractivity contribution is -0.0504. The molecule has 1 heterocycles. The van der Waals surface area contributed by atoms with Gasteiger partial charge in [-0.2, -0.15) is 8.78 Å². The number of benzene rings is 1. The van der Waals surface area contributed by atoms with Crippen LogP contribution in [-0.4, -0.2) is 38.9 Å². The number of nitrogens with zero attached hydrogens (tertiary/aromatic N) is 1. The fraction of sp³-hybridized carbons (Fsp3) is 0.533. The molecule has 128 valence electrons. The largest absolute Gasteiger partial charge is 0.434 e. The number of aliphatic imine (C=N–C) groups is 1. The molecule has 23 heavy (non-hydrogen) atoms. The number of ether oxygens (including phenoxy) is 2. The molecule has 1 atom stereocenters. The molecule has 0 bridgehead atoms. The third kappa shape index (κ3) is 5.95. The van der Waals surface area contributed by atoms with Crippen LogP contribution >= 0.6 is 15.9 Å². The maximum absolute atomic E-state index is 12.5. The van der Waals surface area contributed by atoms with E-state index in [1.807, 2.05) is 0 Å². The van der Waals surface area contributed by atoms with Gasteiger partial charge in [0.05, 0.1) is 6.10 Å². The SMILES string of the molecule is CN=C(NCc1cc(Br)ccc1OC(F)F)NCC1CCCO1. The molecular formula is C15H20BrF2N3O2. The minimum atomic E-state index is -2.85. The average molecular weight is 392 g/mol. The second-order valence-corrected chi connectivity index (χ2v) is 5.99. The third-order valence-corrected chi connectivity index (χ3v) is 3.92. The number of alkyl halides is 2. The Bertz CT molecular complexity index is 537. The van der Waals surface area contributed by atoms with Crippen LogP contribution in [-0.2, 0) is 11.3 Å². The third-order valence-electron chi connectivity index (χ3n) is 3.43. The Morgan fingerprint density at radius 1 is 1.48 bits per heavy atom. The first kappa shape index (κ1) is 17.9. The van der Waals surface area contributed by atoms with Crippen molar-refractivity contribution in [1.82, 2.24) is 10.6 Å². The minimum absolute atomic E-state index is 0.144. The fourth-order valence-electron chi connectivity index (χ4n) is 2.31. The van der Waals surface area contributed by atoms with E-state index in [2.05, 4.69) is 36.3 Å². The first-order valence-corrected chi connectivity index (χ1v) is 8.17. The molecule has 1 aliphatic heterocycles. The molecule has 1 aliphatic rings. The number of halogens is 3. The minimum Gasteiger partial charge on any atom is -0.434 e. The lowest BCUT2D eigenvalue weighted by Crippen LogP contribution is -2.40. The molecule has 0 aliphatic carbocycles. The van der Waals surface area contributed by atoms with Crippen molar-refractivity contribution in [3.05, 3.63) is 28.2 Å². The van der Waals surface area contributed by atoms with Crippen molar-refractivity contribution in [2.45, 2.75) is 32.1 Å². The van der Waals surface area contributed by atoms with Crippen LogP contribution in [0.2, 0.25) is 0 Å². The quantitative estimate of drug-likeness (QED) is 0.578. The maximum atomic E-state index is 12.5. The van der Waals surface area contributed by atoms with Crippen LogP contribution in [0.15, 0.2) is 27.7 Å². The number of rotatable bonds is 6. The van der Waals surface area contributed by atoms with Crippen LogP contribution in [0, 0.1) is 0 Å².